The molecule has 132 valence electrons. The van der Waals surface area contributed by atoms with Crippen molar-refractivity contribution in [2.24, 2.45) is 0 Å². The second-order valence-electron chi connectivity index (χ2n) is 7.18. The molecule has 1 fully saturated rings. The van der Waals surface area contributed by atoms with Gasteiger partial charge >= 0.3 is 0 Å². The van der Waals surface area contributed by atoms with Gasteiger partial charge in [-0.05, 0) is 50.3 Å². The molecule has 0 bridgehead atoms. The molecule has 2 aromatic rings. The molecule has 2 aliphatic rings. The summed E-state index contributed by atoms with van der Waals surface area (Å²) in [6.45, 7) is 6.07. The number of nitrogens with one attached hydrogen (secondary N) is 1. The summed E-state index contributed by atoms with van der Waals surface area (Å²) in [7, 11) is 0. The van der Waals surface area contributed by atoms with Gasteiger partial charge in [0.2, 0.25) is 0 Å². The van der Waals surface area contributed by atoms with E-state index in [1.165, 1.54) is 29.5 Å². The highest BCUT2D eigenvalue weighted by Gasteiger charge is 2.19. The van der Waals surface area contributed by atoms with E-state index in [1.807, 2.05) is 6.20 Å². The van der Waals surface area contributed by atoms with Gasteiger partial charge in [0.15, 0.2) is 0 Å². The number of benzene rings is 1. The summed E-state index contributed by atoms with van der Waals surface area (Å²) in [5.74, 6) is 2.15. The molecule has 4 nitrogen and oxygen atoms in total. The van der Waals surface area contributed by atoms with Gasteiger partial charge in [-0.15, -0.1) is 0 Å². The zero-order valence-corrected chi connectivity index (χ0v) is 15.0. The Hall–Kier alpha value is -2.07. The van der Waals surface area contributed by atoms with Crippen LogP contribution in [0.3, 0.4) is 0 Å². The molecule has 0 amide bonds. The zero-order chi connectivity index (χ0) is 17.1. The largest absolute Gasteiger partial charge is 0.493 e. The van der Waals surface area contributed by atoms with Crippen molar-refractivity contribution in [2.75, 3.05) is 24.6 Å². The highest BCUT2D eigenvalue weighted by molar-refractivity contribution is 5.41. The lowest BCUT2D eigenvalue weighted by Gasteiger charge is -2.20. The van der Waals surface area contributed by atoms with Gasteiger partial charge in [0.05, 0.1) is 6.61 Å². The molecular weight excluding hydrogens is 310 g/mol. The number of hydrogen-bond acceptors (Lipinski definition) is 4. The van der Waals surface area contributed by atoms with Crippen LogP contribution in [0.25, 0.3) is 0 Å². The standard InChI is InChI=1S/C21H27N3O/c1-16-6-8-20-18(13-16)19(5-4-12-25-20)22-14-17-7-9-21(23-15-17)24-10-2-3-11-24/h6-9,13,15,19,22H,2-5,10-12,14H2,1H3. The van der Waals surface area contributed by atoms with Gasteiger partial charge in [-0.25, -0.2) is 4.98 Å². The van der Waals surface area contributed by atoms with Crippen LogP contribution < -0.4 is 15.0 Å². The Balaban J connectivity index is 1.43. The molecule has 0 radical (unpaired) electrons. The molecule has 4 heteroatoms. The summed E-state index contributed by atoms with van der Waals surface area (Å²) < 4.78 is 5.90. The van der Waals surface area contributed by atoms with E-state index in [0.717, 1.165) is 50.7 Å². The fourth-order valence-corrected chi connectivity index (χ4v) is 3.80. The fourth-order valence-electron chi connectivity index (χ4n) is 3.80. The van der Waals surface area contributed by atoms with Crippen molar-refractivity contribution in [3.05, 3.63) is 53.2 Å². The van der Waals surface area contributed by atoms with Crippen molar-refractivity contribution < 1.29 is 4.74 Å². The molecule has 3 heterocycles. The van der Waals surface area contributed by atoms with Crippen molar-refractivity contribution in [1.82, 2.24) is 10.3 Å². The van der Waals surface area contributed by atoms with Gasteiger partial charge in [-0.1, -0.05) is 23.8 Å². The van der Waals surface area contributed by atoms with Crippen LogP contribution in [-0.2, 0) is 6.54 Å². The number of aromatic nitrogens is 1. The summed E-state index contributed by atoms with van der Waals surface area (Å²) in [6.07, 6.45) is 6.78. The smallest absolute Gasteiger partial charge is 0.128 e. The molecular formula is C21H27N3O. The Morgan fingerprint density at radius 3 is 2.84 bits per heavy atom. The highest BCUT2D eigenvalue weighted by atomic mass is 16.5. The first-order valence-electron chi connectivity index (χ1n) is 9.46. The van der Waals surface area contributed by atoms with Crippen LogP contribution >= 0.6 is 0 Å². The summed E-state index contributed by atoms with van der Waals surface area (Å²) >= 11 is 0. The van der Waals surface area contributed by atoms with E-state index < -0.39 is 0 Å². The van der Waals surface area contributed by atoms with Crippen LogP contribution in [0.15, 0.2) is 36.5 Å². The Morgan fingerprint density at radius 2 is 2.04 bits per heavy atom. The lowest BCUT2D eigenvalue weighted by Crippen LogP contribution is -2.21. The van der Waals surface area contributed by atoms with Crippen molar-refractivity contribution in [1.29, 1.82) is 0 Å². The van der Waals surface area contributed by atoms with Crippen LogP contribution in [0.1, 0.15) is 48.4 Å². The molecule has 1 unspecified atom stereocenters. The Morgan fingerprint density at radius 1 is 1.16 bits per heavy atom. The molecule has 25 heavy (non-hydrogen) atoms. The van der Waals surface area contributed by atoms with E-state index in [-0.39, 0.29) is 0 Å². The number of aryl methyl sites for hydroxylation is 1. The quantitative estimate of drug-likeness (QED) is 0.915. The molecule has 1 atom stereocenters. The molecule has 1 aromatic heterocycles. The van der Waals surface area contributed by atoms with E-state index >= 15 is 0 Å². The number of fused-ring (bicyclic) bond motifs is 1. The van der Waals surface area contributed by atoms with Gasteiger partial charge in [-0.3, -0.25) is 0 Å². The predicted octanol–water partition coefficient (Wildman–Crippen LogP) is 3.99. The topological polar surface area (TPSA) is 37.4 Å². The SMILES string of the molecule is Cc1ccc2c(c1)C(NCc1ccc(N3CCCC3)nc1)CCCO2. The molecule has 1 saturated heterocycles. The summed E-state index contributed by atoms with van der Waals surface area (Å²) in [5, 5.41) is 3.72. The first-order valence-corrected chi connectivity index (χ1v) is 9.46. The van der Waals surface area contributed by atoms with Crippen molar-refractivity contribution in [3.63, 3.8) is 0 Å². The van der Waals surface area contributed by atoms with Crippen LogP contribution in [0.2, 0.25) is 0 Å². The lowest BCUT2D eigenvalue weighted by molar-refractivity contribution is 0.315. The molecule has 1 aromatic carbocycles. The molecule has 1 N–H and O–H groups in total. The highest BCUT2D eigenvalue weighted by Crippen LogP contribution is 2.32. The van der Waals surface area contributed by atoms with E-state index in [0.29, 0.717) is 6.04 Å². The van der Waals surface area contributed by atoms with Crippen LogP contribution in [-0.4, -0.2) is 24.7 Å². The maximum atomic E-state index is 5.90. The second-order valence-corrected chi connectivity index (χ2v) is 7.18. The number of pyridine rings is 1. The fraction of sp³-hybridized carbons (Fsp3) is 0.476. The summed E-state index contributed by atoms with van der Waals surface area (Å²) in [6, 6.07) is 11.2. The average Bonchev–Trinajstić information content (AvgIpc) is 3.10. The monoisotopic (exact) mass is 337 g/mol. The predicted molar refractivity (Wildman–Crippen MR) is 101 cm³/mol. The number of anilines is 1. The maximum Gasteiger partial charge on any atom is 0.128 e. The molecule has 0 spiro atoms. The van der Waals surface area contributed by atoms with Crippen LogP contribution in [0, 0.1) is 6.92 Å². The number of nitrogens with zero attached hydrogens (tertiary/aromatic N) is 2. The third kappa shape index (κ3) is 3.79. The van der Waals surface area contributed by atoms with Gasteiger partial charge in [-0.2, -0.15) is 0 Å². The van der Waals surface area contributed by atoms with E-state index in [2.05, 4.69) is 52.5 Å². The molecule has 0 saturated carbocycles. The zero-order valence-electron chi connectivity index (χ0n) is 15.0. The Labute approximate surface area is 150 Å². The van der Waals surface area contributed by atoms with E-state index in [4.69, 9.17) is 4.74 Å². The number of ether oxygens (including phenoxy) is 1. The maximum absolute atomic E-state index is 5.90. The number of hydrogen-bond donors (Lipinski definition) is 1. The van der Waals surface area contributed by atoms with Crippen molar-refractivity contribution in [2.45, 2.75) is 45.2 Å². The van der Waals surface area contributed by atoms with E-state index in [1.54, 1.807) is 0 Å². The second kappa shape index (κ2) is 7.44. The molecule has 0 aliphatic carbocycles. The van der Waals surface area contributed by atoms with Crippen molar-refractivity contribution in [3.8, 4) is 5.75 Å². The molecule has 4 rings (SSSR count). The lowest BCUT2D eigenvalue weighted by atomic mass is 10.00. The normalized spacial score (nSPS) is 20.0. The summed E-state index contributed by atoms with van der Waals surface area (Å²) in [5.41, 5.74) is 3.81. The molecule has 2 aliphatic heterocycles. The third-order valence-electron chi connectivity index (χ3n) is 5.23. The minimum absolute atomic E-state index is 0.343. The van der Waals surface area contributed by atoms with Crippen molar-refractivity contribution >= 4 is 5.82 Å². The van der Waals surface area contributed by atoms with Crippen LogP contribution in [0.5, 0.6) is 5.75 Å². The Bertz CT molecular complexity index is 708. The van der Waals surface area contributed by atoms with Gasteiger partial charge in [0.1, 0.15) is 11.6 Å². The minimum atomic E-state index is 0.343. The van der Waals surface area contributed by atoms with Gasteiger partial charge in [0, 0.05) is 37.4 Å². The minimum Gasteiger partial charge on any atom is -0.493 e. The average molecular weight is 337 g/mol. The van der Waals surface area contributed by atoms with Gasteiger partial charge < -0.3 is 15.0 Å². The number of rotatable bonds is 4. The third-order valence-corrected chi connectivity index (χ3v) is 5.23. The van der Waals surface area contributed by atoms with Gasteiger partial charge in [0.25, 0.3) is 0 Å². The summed E-state index contributed by atoms with van der Waals surface area (Å²) in [4.78, 5) is 7.04. The first kappa shape index (κ1) is 16.4. The Kier molecular flexibility index (Phi) is 4.88. The van der Waals surface area contributed by atoms with Crippen LogP contribution in [0.4, 0.5) is 5.82 Å². The first-order chi connectivity index (χ1) is 12.3. The van der Waals surface area contributed by atoms with E-state index in [9.17, 15) is 0 Å².